The van der Waals surface area contributed by atoms with Gasteiger partial charge in [-0.15, -0.1) is 0 Å². The molecule has 1 aliphatic carbocycles. The lowest BCUT2D eigenvalue weighted by atomic mass is 10.2. The first-order chi connectivity index (χ1) is 12.9. The van der Waals surface area contributed by atoms with Crippen LogP contribution in [0, 0.1) is 6.92 Å². The number of aryl methyl sites for hydroxylation is 1. The maximum Gasteiger partial charge on any atom is 0.264 e. The van der Waals surface area contributed by atoms with Crippen molar-refractivity contribution in [3.63, 3.8) is 0 Å². The second kappa shape index (κ2) is 8.13. The number of nitrogens with zero attached hydrogens (tertiary/aromatic N) is 2. The fourth-order valence-corrected chi connectivity index (χ4v) is 4.97. The van der Waals surface area contributed by atoms with E-state index in [4.69, 9.17) is 0 Å². The minimum atomic E-state index is -3.84. The third kappa shape index (κ3) is 4.33. The van der Waals surface area contributed by atoms with Crippen molar-refractivity contribution in [2.45, 2.75) is 43.5 Å². The molecule has 6 heteroatoms. The zero-order valence-electron chi connectivity index (χ0n) is 15.8. The molecular formula is C21H26N2O3S. The molecule has 0 atom stereocenters. The summed E-state index contributed by atoms with van der Waals surface area (Å²) in [6.45, 7) is 1.71. The standard InChI is InChI=1S/C21H26N2O3S/c1-17-9-8-12-19(15-17)23(27(25,26)20-13-4-3-5-14-20)16-21(24)22(2)18-10-6-7-11-18/h3-5,8-9,12-15,18H,6-7,10-11,16H2,1-2H3. The summed E-state index contributed by atoms with van der Waals surface area (Å²) in [5.41, 5.74) is 1.45. The number of amides is 1. The summed E-state index contributed by atoms with van der Waals surface area (Å²) < 4.78 is 27.8. The molecule has 0 aliphatic heterocycles. The van der Waals surface area contributed by atoms with E-state index in [-0.39, 0.29) is 23.4 Å². The third-order valence-corrected chi connectivity index (χ3v) is 6.95. The van der Waals surface area contributed by atoms with Crippen LogP contribution in [0.15, 0.2) is 59.5 Å². The molecule has 0 radical (unpaired) electrons. The molecule has 2 aromatic rings. The van der Waals surface area contributed by atoms with E-state index in [9.17, 15) is 13.2 Å². The highest BCUT2D eigenvalue weighted by Crippen LogP contribution is 2.26. The maximum atomic E-state index is 13.3. The van der Waals surface area contributed by atoms with E-state index >= 15 is 0 Å². The molecule has 0 spiro atoms. The first kappa shape index (κ1) is 19.4. The second-order valence-corrected chi connectivity index (χ2v) is 8.97. The molecule has 0 heterocycles. The number of hydrogen-bond donors (Lipinski definition) is 0. The SMILES string of the molecule is Cc1cccc(N(CC(=O)N(C)C2CCCC2)S(=O)(=O)c2ccccc2)c1. The Morgan fingerprint density at radius 3 is 2.33 bits per heavy atom. The molecular weight excluding hydrogens is 360 g/mol. The number of carbonyl (C=O) groups excluding carboxylic acids is 1. The lowest BCUT2D eigenvalue weighted by molar-refractivity contribution is -0.130. The van der Waals surface area contributed by atoms with Crippen LogP contribution >= 0.6 is 0 Å². The van der Waals surface area contributed by atoms with Gasteiger partial charge in [0.15, 0.2) is 0 Å². The number of rotatable bonds is 6. The fourth-order valence-electron chi connectivity index (χ4n) is 3.55. The molecule has 3 rings (SSSR count). The van der Waals surface area contributed by atoms with Crippen LogP contribution in [-0.4, -0.2) is 38.9 Å². The van der Waals surface area contributed by atoms with Crippen molar-refractivity contribution in [3.05, 3.63) is 60.2 Å². The van der Waals surface area contributed by atoms with E-state index < -0.39 is 10.0 Å². The molecule has 2 aromatic carbocycles. The van der Waals surface area contributed by atoms with Gasteiger partial charge in [0.2, 0.25) is 5.91 Å². The smallest absolute Gasteiger partial charge is 0.264 e. The third-order valence-electron chi connectivity index (χ3n) is 5.17. The summed E-state index contributed by atoms with van der Waals surface area (Å²) in [4.78, 5) is 14.8. The minimum Gasteiger partial charge on any atom is -0.341 e. The van der Waals surface area contributed by atoms with Crippen molar-refractivity contribution in [3.8, 4) is 0 Å². The highest BCUT2D eigenvalue weighted by atomic mass is 32.2. The van der Waals surface area contributed by atoms with Gasteiger partial charge in [-0.3, -0.25) is 9.10 Å². The summed E-state index contributed by atoms with van der Waals surface area (Å²) >= 11 is 0. The van der Waals surface area contributed by atoms with Crippen LogP contribution in [0.4, 0.5) is 5.69 Å². The van der Waals surface area contributed by atoms with Gasteiger partial charge in [-0.1, -0.05) is 43.2 Å². The lowest BCUT2D eigenvalue weighted by Gasteiger charge is -2.29. The molecule has 0 bridgehead atoms. The van der Waals surface area contributed by atoms with Crippen molar-refractivity contribution in [2.75, 3.05) is 17.9 Å². The number of hydrogen-bond acceptors (Lipinski definition) is 3. The Hall–Kier alpha value is -2.34. The van der Waals surface area contributed by atoms with Crippen LogP contribution < -0.4 is 4.31 Å². The van der Waals surface area contributed by atoms with E-state index in [1.807, 2.05) is 19.1 Å². The maximum absolute atomic E-state index is 13.3. The van der Waals surface area contributed by atoms with Crippen molar-refractivity contribution in [1.82, 2.24) is 4.90 Å². The molecule has 27 heavy (non-hydrogen) atoms. The molecule has 0 N–H and O–H groups in total. The Kier molecular flexibility index (Phi) is 5.85. The molecule has 0 unspecified atom stereocenters. The van der Waals surface area contributed by atoms with Crippen molar-refractivity contribution < 1.29 is 13.2 Å². The summed E-state index contributed by atoms with van der Waals surface area (Å²) in [6.07, 6.45) is 4.20. The molecule has 1 fully saturated rings. The van der Waals surface area contributed by atoms with Crippen LogP contribution in [0.5, 0.6) is 0 Å². The highest BCUT2D eigenvalue weighted by Gasteiger charge is 2.30. The summed E-state index contributed by atoms with van der Waals surface area (Å²) in [5, 5.41) is 0. The molecule has 1 aliphatic rings. The predicted octanol–water partition coefficient (Wildman–Crippen LogP) is 3.59. The van der Waals surface area contributed by atoms with Crippen molar-refractivity contribution in [1.29, 1.82) is 0 Å². The van der Waals surface area contributed by atoms with Gasteiger partial charge in [0.1, 0.15) is 6.54 Å². The van der Waals surface area contributed by atoms with Gasteiger partial charge in [0, 0.05) is 13.1 Å². The average molecular weight is 387 g/mol. The Balaban J connectivity index is 1.94. The predicted molar refractivity (Wildman–Crippen MR) is 107 cm³/mol. The van der Waals surface area contributed by atoms with Gasteiger partial charge < -0.3 is 4.90 Å². The summed E-state index contributed by atoms with van der Waals surface area (Å²) in [7, 11) is -2.06. The van der Waals surface area contributed by atoms with Gasteiger partial charge in [0.05, 0.1) is 10.6 Å². The Bertz CT molecular complexity index is 891. The minimum absolute atomic E-state index is 0.178. The second-order valence-electron chi connectivity index (χ2n) is 7.11. The summed E-state index contributed by atoms with van der Waals surface area (Å²) in [6, 6.07) is 15.7. The van der Waals surface area contributed by atoms with E-state index in [0.717, 1.165) is 31.2 Å². The molecule has 0 aromatic heterocycles. The van der Waals surface area contributed by atoms with Crippen LogP contribution in [0.1, 0.15) is 31.2 Å². The van der Waals surface area contributed by atoms with E-state index in [2.05, 4.69) is 0 Å². The number of likely N-dealkylation sites (N-methyl/N-ethyl adjacent to an activating group) is 1. The van der Waals surface area contributed by atoms with Crippen molar-refractivity contribution >= 4 is 21.6 Å². The highest BCUT2D eigenvalue weighted by molar-refractivity contribution is 7.92. The van der Waals surface area contributed by atoms with Crippen LogP contribution in [0.2, 0.25) is 0 Å². The number of sulfonamides is 1. The Labute approximate surface area is 161 Å². The summed E-state index contributed by atoms with van der Waals surface area (Å²) in [5.74, 6) is -0.178. The van der Waals surface area contributed by atoms with E-state index in [1.54, 1.807) is 54.4 Å². The van der Waals surface area contributed by atoms with Crippen molar-refractivity contribution in [2.24, 2.45) is 0 Å². The van der Waals surface area contributed by atoms with Gasteiger partial charge in [0.25, 0.3) is 10.0 Å². The van der Waals surface area contributed by atoms with Gasteiger partial charge in [-0.05, 0) is 49.6 Å². The fraction of sp³-hybridized carbons (Fsp3) is 0.381. The topological polar surface area (TPSA) is 57.7 Å². The van der Waals surface area contributed by atoms with E-state index in [0.29, 0.717) is 5.69 Å². The number of carbonyl (C=O) groups is 1. The average Bonchev–Trinajstić information content (AvgIpc) is 3.20. The normalized spacial score (nSPS) is 14.9. The zero-order valence-corrected chi connectivity index (χ0v) is 16.7. The molecule has 1 amide bonds. The quantitative estimate of drug-likeness (QED) is 0.762. The van der Waals surface area contributed by atoms with Gasteiger partial charge in [-0.25, -0.2) is 8.42 Å². The number of benzene rings is 2. The van der Waals surface area contributed by atoms with Gasteiger partial charge in [-0.2, -0.15) is 0 Å². The van der Waals surface area contributed by atoms with Crippen LogP contribution in [-0.2, 0) is 14.8 Å². The monoisotopic (exact) mass is 386 g/mol. The van der Waals surface area contributed by atoms with Gasteiger partial charge >= 0.3 is 0 Å². The zero-order chi connectivity index (χ0) is 19.4. The largest absolute Gasteiger partial charge is 0.341 e. The van der Waals surface area contributed by atoms with Crippen LogP contribution in [0.25, 0.3) is 0 Å². The first-order valence-corrected chi connectivity index (χ1v) is 10.7. The first-order valence-electron chi connectivity index (χ1n) is 9.30. The van der Waals surface area contributed by atoms with Crippen LogP contribution in [0.3, 0.4) is 0 Å². The molecule has 5 nitrogen and oxygen atoms in total. The molecule has 144 valence electrons. The number of anilines is 1. The Morgan fingerprint density at radius 2 is 1.70 bits per heavy atom. The molecule has 0 saturated heterocycles. The molecule has 1 saturated carbocycles. The van der Waals surface area contributed by atoms with E-state index in [1.165, 1.54) is 4.31 Å². The Morgan fingerprint density at radius 1 is 1.04 bits per heavy atom. The lowest BCUT2D eigenvalue weighted by Crippen LogP contribution is -2.44.